The van der Waals surface area contributed by atoms with Crippen LogP contribution in [-0.2, 0) is 51.9 Å². The Hall–Kier alpha value is -8.85. The quantitative estimate of drug-likeness (QED) is 0.0411. The zero-order valence-corrected chi connectivity index (χ0v) is 41.1. The molecule has 6 heterocycles. The number of nitrogens with two attached hydrogens (primary N) is 1. The van der Waals surface area contributed by atoms with E-state index in [4.69, 9.17) is 5.73 Å². The van der Waals surface area contributed by atoms with Gasteiger partial charge in [-0.15, -0.1) is 0 Å². The number of carbonyl (C=O) groups excluding carboxylic acids is 8. The maximum Gasteiger partial charge on any atom is 0.292 e. The van der Waals surface area contributed by atoms with Crippen molar-refractivity contribution in [2.75, 3.05) is 66.9 Å². The van der Waals surface area contributed by atoms with Crippen molar-refractivity contribution in [2.24, 2.45) is 48.0 Å². The predicted molar refractivity (Wildman–Crippen MR) is 264 cm³/mol. The van der Waals surface area contributed by atoms with Crippen LogP contribution in [0.3, 0.4) is 0 Å². The topological polar surface area (TPSA) is 330 Å². The van der Waals surface area contributed by atoms with Crippen LogP contribution in [0.1, 0.15) is 82.6 Å². The van der Waals surface area contributed by atoms with E-state index in [0.717, 1.165) is 13.0 Å². The van der Waals surface area contributed by atoms with Gasteiger partial charge in [-0.25, -0.2) is 15.0 Å². The minimum Gasteiger partial charge on any atom is -0.356 e. The molecule has 6 aromatic rings. The summed E-state index contributed by atoms with van der Waals surface area (Å²) < 4.78 is 8.94. The Balaban J connectivity index is 0.932. The van der Waals surface area contributed by atoms with E-state index >= 15 is 0 Å². The third kappa shape index (κ3) is 13.7. The fraction of sp³-hybridized carbons (Fsp3) is 0.356. The first kappa shape index (κ1) is 52.5. The molecule has 27 nitrogen and oxygen atoms in total. The van der Waals surface area contributed by atoms with Crippen LogP contribution in [0.15, 0.2) is 61.6 Å². The van der Waals surface area contributed by atoms with Crippen molar-refractivity contribution in [1.82, 2.24) is 63.2 Å². The number of aromatic nitrogens is 9. The lowest BCUT2D eigenvalue weighted by Gasteiger charge is -2.12. The maximum atomic E-state index is 13.3. The van der Waals surface area contributed by atoms with E-state index < -0.39 is 47.4 Å². The van der Waals surface area contributed by atoms with E-state index in [9.17, 15) is 38.4 Å². The lowest BCUT2D eigenvalue weighted by atomic mass is 10.2. The molecular weight excluding hydrogens is 935 g/mol. The van der Waals surface area contributed by atoms with Gasteiger partial charge in [-0.1, -0.05) is 0 Å². The average Bonchev–Trinajstić information content (AvgIpc) is 4.18. The van der Waals surface area contributed by atoms with Gasteiger partial charge in [0.25, 0.3) is 35.4 Å². The van der Waals surface area contributed by atoms with Crippen LogP contribution in [0.5, 0.6) is 0 Å². The van der Waals surface area contributed by atoms with Gasteiger partial charge in [0.15, 0.2) is 17.5 Å². The summed E-state index contributed by atoms with van der Waals surface area (Å²) in [6.07, 6.45) is 11.4. The van der Waals surface area contributed by atoms with Crippen LogP contribution in [0.4, 0.5) is 28.7 Å². The summed E-state index contributed by atoms with van der Waals surface area (Å²) in [6.45, 7) is 1.44. The van der Waals surface area contributed by atoms with Crippen LogP contribution in [0.2, 0.25) is 0 Å². The maximum absolute atomic E-state index is 13.3. The number of anilines is 5. The highest BCUT2D eigenvalue weighted by Crippen LogP contribution is 2.20. The molecule has 0 aliphatic carbocycles. The highest BCUT2D eigenvalue weighted by molar-refractivity contribution is 6.07. The average molecular weight is 994 g/mol. The van der Waals surface area contributed by atoms with Crippen LogP contribution < -0.4 is 48.3 Å². The Kier molecular flexibility index (Phi) is 16.9. The molecule has 27 heteroatoms. The molecule has 0 aliphatic heterocycles. The molecule has 0 unspecified atom stereocenters. The molecule has 8 amide bonds. The number of rotatable bonds is 22. The monoisotopic (exact) mass is 993 g/mol. The Morgan fingerprint density at radius 1 is 0.542 bits per heavy atom. The number of amides is 8. The molecule has 0 saturated carbocycles. The number of carbonyl (C=O) groups is 8. The lowest BCUT2D eigenvalue weighted by Crippen LogP contribution is -2.40. The van der Waals surface area contributed by atoms with Crippen LogP contribution in [-0.4, -0.2) is 141 Å². The molecule has 0 spiro atoms. The number of nitrogens with zero attached hydrogens (tertiary/aromatic N) is 10. The van der Waals surface area contributed by atoms with E-state index in [1.807, 2.05) is 19.0 Å². The molecule has 6 aromatic heterocycles. The fourth-order valence-electron chi connectivity index (χ4n) is 7.29. The summed E-state index contributed by atoms with van der Waals surface area (Å²) in [7, 11) is 13.6. The second kappa shape index (κ2) is 23.2. The molecule has 6 rings (SSSR count). The van der Waals surface area contributed by atoms with Crippen molar-refractivity contribution in [3.05, 3.63) is 96.1 Å². The van der Waals surface area contributed by atoms with Gasteiger partial charge in [-0.2, -0.15) is 0 Å². The predicted octanol–water partition coefficient (Wildman–Crippen LogP) is 0.186. The molecular formula is C45H59N19O8. The van der Waals surface area contributed by atoms with E-state index in [1.54, 1.807) is 59.2 Å². The normalized spacial score (nSPS) is 11.5. The van der Waals surface area contributed by atoms with E-state index in [-0.39, 0.29) is 83.7 Å². The third-order valence-electron chi connectivity index (χ3n) is 10.9. The molecule has 10 N–H and O–H groups in total. The van der Waals surface area contributed by atoms with Gasteiger partial charge in [-0.3, -0.25) is 38.4 Å². The Morgan fingerprint density at radius 2 is 1.03 bits per heavy atom. The van der Waals surface area contributed by atoms with Gasteiger partial charge in [-0.05, 0) is 45.3 Å². The van der Waals surface area contributed by atoms with Gasteiger partial charge in [0.2, 0.25) is 23.5 Å². The van der Waals surface area contributed by atoms with Crippen LogP contribution >= 0.6 is 0 Å². The smallest absolute Gasteiger partial charge is 0.292 e. The molecule has 0 aromatic carbocycles. The first-order valence-corrected chi connectivity index (χ1v) is 22.5. The van der Waals surface area contributed by atoms with Crippen molar-refractivity contribution in [2.45, 2.75) is 25.3 Å². The van der Waals surface area contributed by atoms with E-state index in [1.165, 1.54) is 72.0 Å². The number of hydrogen-bond donors (Lipinski definition) is 9. The molecule has 382 valence electrons. The lowest BCUT2D eigenvalue weighted by molar-refractivity contribution is -0.121. The summed E-state index contributed by atoms with van der Waals surface area (Å²) in [6, 6.07) is 3.61. The molecule has 0 saturated heterocycles. The number of hydrogen-bond acceptors (Lipinski definition) is 13. The number of nitrogens with one attached hydrogen (secondary N) is 8. The number of imidazole rings is 3. The van der Waals surface area contributed by atoms with Crippen LogP contribution in [0.25, 0.3) is 0 Å². The summed E-state index contributed by atoms with van der Waals surface area (Å²) in [4.78, 5) is 118. The van der Waals surface area contributed by atoms with Crippen molar-refractivity contribution in [3.8, 4) is 0 Å². The largest absolute Gasteiger partial charge is 0.356 e. The van der Waals surface area contributed by atoms with Gasteiger partial charge in [0.1, 0.15) is 17.1 Å². The zero-order valence-electron chi connectivity index (χ0n) is 41.1. The summed E-state index contributed by atoms with van der Waals surface area (Å²) in [5, 5.41) is 21.6. The highest BCUT2D eigenvalue weighted by atomic mass is 16.2. The third-order valence-corrected chi connectivity index (χ3v) is 10.9. The summed E-state index contributed by atoms with van der Waals surface area (Å²) >= 11 is 0. The molecule has 0 radical (unpaired) electrons. The van der Waals surface area contributed by atoms with Crippen molar-refractivity contribution >= 4 is 76.0 Å². The summed E-state index contributed by atoms with van der Waals surface area (Å²) in [5.74, 6) is -3.57. The minimum atomic E-state index is -0.817. The van der Waals surface area contributed by atoms with Gasteiger partial charge in [0, 0.05) is 124 Å². The van der Waals surface area contributed by atoms with Gasteiger partial charge >= 0.3 is 0 Å². The number of aryl methyl sites for hydroxylation is 6. The standard InChI is InChI=1S/C45H59N19O8/c1-58(2)14-9-11-47-35(65)10-12-49-40(67)30-17-27(21-60(30)4)51-42(69)32-19-29(23-62(32)6)53-44(71)38-55-33(24-63(38)7)54-36(66)16-26(46)20-50-41(68)31-18-28(22-61(31)5)52-45(72)39-56-34(25-64(39)8)57-43(70)37-48-13-15-59(37)3/h13,15,17-19,21-26H,9-12,14,16,20,46H2,1-8H3,(H,47,65)(H,49,67)(H,50,68)(H,51,69)(H,52,72)(H,53,71)(H,54,66)(H,57,70)/t26-/m1/s1. The summed E-state index contributed by atoms with van der Waals surface area (Å²) in [5.41, 5.74) is 7.76. The second-order valence-corrected chi connectivity index (χ2v) is 17.2. The van der Waals surface area contributed by atoms with E-state index in [0.29, 0.717) is 17.9 Å². The SMILES string of the molecule is CN(C)CCCNC(=O)CCNC(=O)c1cc(NC(=O)c2cc(NC(=O)c3nc(NC(=O)C[C@@H](N)CNC(=O)c4cc(NC(=O)c5nc(NC(=O)c6nccn6C)cn5C)cn4C)cn3C)cn2C)cn1C. The highest BCUT2D eigenvalue weighted by Gasteiger charge is 2.23. The minimum absolute atomic E-state index is 0.00671. The van der Waals surface area contributed by atoms with Crippen molar-refractivity contribution < 1.29 is 38.4 Å². The molecule has 0 bridgehead atoms. The zero-order chi connectivity index (χ0) is 52.4. The van der Waals surface area contributed by atoms with Crippen molar-refractivity contribution in [3.63, 3.8) is 0 Å². The second-order valence-electron chi connectivity index (χ2n) is 17.2. The molecule has 0 fully saturated rings. The first-order valence-electron chi connectivity index (χ1n) is 22.5. The van der Waals surface area contributed by atoms with Gasteiger partial charge in [0.05, 0.1) is 17.1 Å². The molecule has 72 heavy (non-hydrogen) atoms. The molecule has 1 atom stereocenters. The Morgan fingerprint density at radius 3 is 1.54 bits per heavy atom. The first-order chi connectivity index (χ1) is 34.1. The van der Waals surface area contributed by atoms with E-state index in [2.05, 4.69) is 57.5 Å². The van der Waals surface area contributed by atoms with Crippen molar-refractivity contribution in [1.29, 1.82) is 0 Å². The molecule has 0 aliphatic rings. The Bertz CT molecular complexity index is 3000. The Labute approximate surface area is 412 Å². The van der Waals surface area contributed by atoms with Gasteiger partial charge < -0.3 is 80.6 Å². The van der Waals surface area contributed by atoms with Crippen LogP contribution in [0, 0.1) is 0 Å². The fourth-order valence-corrected chi connectivity index (χ4v) is 7.29.